The summed E-state index contributed by atoms with van der Waals surface area (Å²) >= 11 is 0. The minimum Gasteiger partial charge on any atom is -0.466 e. The predicted octanol–water partition coefficient (Wildman–Crippen LogP) is 11.9. The molecule has 1 aliphatic heterocycles. The maximum atomic E-state index is 13.0. The molecule has 1 saturated heterocycles. The molecule has 0 bridgehead atoms. The molecule has 11 nitrogen and oxygen atoms in total. The fourth-order valence-electron chi connectivity index (χ4n) is 8.52. The molecule has 392 valence electrons. The van der Waals surface area contributed by atoms with Crippen LogP contribution in [0.1, 0.15) is 245 Å². The summed E-state index contributed by atoms with van der Waals surface area (Å²) in [6.07, 6.45) is 45.2. The van der Waals surface area contributed by atoms with Crippen LogP contribution in [-0.4, -0.2) is 100 Å². The Labute approximate surface area is 409 Å². The molecular formula is C56H103NO10. The van der Waals surface area contributed by atoms with E-state index in [1.54, 1.807) is 6.08 Å². The lowest BCUT2D eigenvalue weighted by molar-refractivity contribution is -0.302. The van der Waals surface area contributed by atoms with Gasteiger partial charge in [-0.05, 0) is 70.6 Å². The van der Waals surface area contributed by atoms with Gasteiger partial charge in [-0.25, -0.2) is 0 Å². The summed E-state index contributed by atoms with van der Waals surface area (Å²) < 4.78 is 16.6. The van der Waals surface area contributed by atoms with E-state index in [4.69, 9.17) is 14.2 Å². The molecule has 0 aromatic rings. The van der Waals surface area contributed by atoms with Gasteiger partial charge in [-0.2, -0.15) is 0 Å². The Bertz CT molecular complexity index is 1210. The van der Waals surface area contributed by atoms with Crippen LogP contribution in [0.4, 0.5) is 0 Å². The van der Waals surface area contributed by atoms with E-state index < -0.39 is 49.5 Å². The molecule has 67 heavy (non-hydrogen) atoms. The average Bonchev–Trinajstić information content (AvgIpc) is 3.32. The van der Waals surface area contributed by atoms with Crippen LogP contribution in [0.3, 0.4) is 0 Å². The number of amides is 1. The highest BCUT2D eigenvalue weighted by atomic mass is 16.7. The minimum atomic E-state index is -1.58. The van der Waals surface area contributed by atoms with Gasteiger partial charge in [0.25, 0.3) is 0 Å². The average molecular weight is 950 g/mol. The highest BCUT2D eigenvalue weighted by Gasteiger charge is 2.44. The van der Waals surface area contributed by atoms with Crippen LogP contribution < -0.4 is 5.32 Å². The van der Waals surface area contributed by atoms with Gasteiger partial charge in [-0.3, -0.25) is 9.59 Å². The third kappa shape index (κ3) is 36.5. The van der Waals surface area contributed by atoms with Gasteiger partial charge in [0.2, 0.25) is 5.91 Å². The van der Waals surface area contributed by atoms with Crippen molar-refractivity contribution in [1.29, 1.82) is 0 Å². The topological polar surface area (TPSA) is 175 Å². The van der Waals surface area contributed by atoms with Crippen LogP contribution in [-0.2, 0) is 23.8 Å². The highest BCUT2D eigenvalue weighted by molar-refractivity contribution is 5.76. The van der Waals surface area contributed by atoms with Gasteiger partial charge in [0.15, 0.2) is 6.29 Å². The van der Waals surface area contributed by atoms with E-state index in [-0.39, 0.29) is 18.5 Å². The molecule has 0 spiro atoms. The van der Waals surface area contributed by atoms with Gasteiger partial charge in [-0.1, -0.05) is 198 Å². The largest absolute Gasteiger partial charge is 0.466 e. The number of carbonyl (C=O) groups is 2. The SMILES string of the molecule is CCCCCCCCC/C=C/C(O)C(COC1OC(CO)C(O)C(O)C1O)NC(=O)CCCCCCCCC/C=C\C/C=C\CCCCCOC(=O)CCCCCCCCCCCCCCC. The number of carbonyl (C=O) groups excluding carboxylic acids is 2. The summed E-state index contributed by atoms with van der Waals surface area (Å²) in [4.78, 5) is 25.0. The zero-order chi connectivity index (χ0) is 48.8. The second kappa shape index (κ2) is 46.3. The van der Waals surface area contributed by atoms with Crippen molar-refractivity contribution < 1.29 is 49.3 Å². The highest BCUT2D eigenvalue weighted by Crippen LogP contribution is 2.23. The lowest BCUT2D eigenvalue weighted by atomic mass is 9.99. The monoisotopic (exact) mass is 950 g/mol. The molecule has 7 atom stereocenters. The second-order valence-electron chi connectivity index (χ2n) is 19.3. The van der Waals surface area contributed by atoms with Crippen molar-refractivity contribution in [3.63, 3.8) is 0 Å². The predicted molar refractivity (Wildman–Crippen MR) is 274 cm³/mol. The second-order valence-corrected chi connectivity index (χ2v) is 19.3. The summed E-state index contributed by atoms with van der Waals surface area (Å²) in [5.41, 5.74) is 0. The summed E-state index contributed by atoms with van der Waals surface area (Å²) in [5.74, 6) is -0.232. The van der Waals surface area contributed by atoms with E-state index in [1.165, 1.54) is 122 Å². The van der Waals surface area contributed by atoms with Crippen molar-refractivity contribution in [3.8, 4) is 0 Å². The van der Waals surface area contributed by atoms with E-state index >= 15 is 0 Å². The zero-order valence-corrected chi connectivity index (χ0v) is 42.9. The number of unbranched alkanes of at least 4 members (excludes halogenated alkanes) is 29. The maximum Gasteiger partial charge on any atom is 0.305 e. The Balaban J connectivity index is 2.11. The number of ether oxygens (including phenoxy) is 3. The van der Waals surface area contributed by atoms with Crippen molar-refractivity contribution in [2.75, 3.05) is 19.8 Å². The Hall–Kier alpha value is -2.12. The minimum absolute atomic E-state index is 0.0314. The molecule has 1 rings (SSSR count). The van der Waals surface area contributed by atoms with Crippen molar-refractivity contribution in [3.05, 3.63) is 36.5 Å². The number of nitrogens with one attached hydrogen (secondary N) is 1. The van der Waals surface area contributed by atoms with E-state index in [0.717, 1.165) is 96.3 Å². The molecule has 1 heterocycles. The number of aliphatic hydroxyl groups is 5. The Kier molecular flexibility index (Phi) is 43.4. The van der Waals surface area contributed by atoms with Crippen LogP contribution in [0.25, 0.3) is 0 Å². The number of allylic oxidation sites excluding steroid dienone is 5. The summed E-state index contributed by atoms with van der Waals surface area (Å²) in [7, 11) is 0. The maximum absolute atomic E-state index is 13.0. The summed E-state index contributed by atoms with van der Waals surface area (Å²) in [5, 5.41) is 54.1. The Morgan fingerprint density at radius 3 is 1.51 bits per heavy atom. The molecule has 1 aliphatic rings. The number of hydrogen-bond acceptors (Lipinski definition) is 10. The lowest BCUT2D eigenvalue weighted by Gasteiger charge is -2.40. The van der Waals surface area contributed by atoms with E-state index in [9.17, 15) is 35.1 Å². The third-order valence-electron chi connectivity index (χ3n) is 13.0. The van der Waals surface area contributed by atoms with Crippen LogP contribution in [0.5, 0.6) is 0 Å². The molecule has 0 aliphatic carbocycles. The van der Waals surface area contributed by atoms with Gasteiger partial charge in [0.05, 0.1) is 32.0 Å². The van der Waals surface area contributed by atoms with E-state index in [0.29, 0.717) is 19.4 Å². The first-order chi connectivity index (χ1) is 32.7. The summed E-state index contributed by atoms with van der Waals surface area (Å²) in [6, 6.07) is -0.820. The molecule has 1 fully saturated rings. The normalized spacial score (nSPS) is 19.8. The van der Waals surface area contributed by atoms with Crippen LogP contribution >= 0.6 is 0 Å². The van der Waals surface area contributed by atoms with Crippen LogP contribution in [0.15, 0.2) is 36.5 Å². The van der Waals surface area contributed by atoms with E-state index in [1.807, 2.05) is 6.08 Å². The first-order valence-electron chi connectivity index (χ1n) is 27.8. The van der Waals surface area contributed by atoms with Crippen LogP contribution in [0.2, 0.25) is 0 Å². The smallest absolute Gasteiger partial charge is 0.305 e. The number of esters is 1. The molecule has 0 aromatic heterocycles. The lowest BCUT2D eigenvalue weighted by Crippen LogP contribution is -2.60. The van der Waals surface area contributed by atoms with Crippen molar-refractivity contribution >= 4 is 11.9 Å². The van der Waals surface area contributed by atoms with Crippen LogP contribution in [0, 0.1) is 0 Å². The number of hydrogen-bond donors (Lipinski definition) is 6. The standard InChI is InChI=1S/C56H103NO10/c1-3-5-7-9-11-13-14-20-24-28-32-36-40-44-52(61)65-45-41-37-33-29-25-22-19-17-15-16-18-21-23-27-31-35-39-43-51(60)57-48(49(59)42-38-34-30-26-12-10-8-6-4-2)47-66-56-55(64)54(63)53(62)50(46-58)67-56/h15,17,22,25,38,42,48-50,53-56,58-59,62-64H,3-14,16,18-21,23-24,26-37,39-41,43-47H2,1-2H3,(H,57,60)/b17-15-,25-22-,42-38+. The quantitative estimate of drug-likeness (QED) is 0.0196. The van der Waals surface area contributed by atoms with Gasteiger partial charge in [0, 0.05) is 12.8 Å². The van der Waals surface area contributed by atoms with Gasteiger partial charge in [-0.15, -0.1) is 0 Å². The molecular weight excluding hydrogens is 847 g/mol. The molecule has 6 N–H and O–H groups in total. The molecule has 0 aromatic carbocycles. The zero-order valence-electron chi connectivity index (χ0n) is 42.9. The molecule has 11 heteroatoms. The molecule has 1 amide bonds. The first-order valence-corrected chi connectivity index (χ1v) is 27.8. The van der Waals surface area contributed by atoms with E-state index in [2.05, 4.69) is 43.5 Å². The fraction of sp³-hybridized carbons (Fsp3) is 0.857. The Morgan fingerprint density at radius 1 is 0.552 bits per heavy atom. The van der Waals surface area contributed by atoms with Crippen molar-refractivity contribution in [1.82, 2.24) is 5.32 Å². The Morgan fingerprint density at radius 2 is 1.00 bits per heavy atom. The van der Waals surface area contributed by atoms with Gasteiger partial charge >= 0.3 is 5.97 Å². The molecule has 0 radical (unpaired) electrons. The summed E-state index contributed by atoms with van der Waals surface area (Å²) in [6.45, 7) is 4.25. The van der Waals surface area contributed by atoms with Crippen molar-refractivity contribution in [2.24, 2.45) is 0 Å². The first kappa shape index (κ1) is 62.9. The number of aliphatic hydroxyl groups excluding tert-OH is 5. The number of rotatable bonds is 47. The van der Waals surface area contributed by atoms with Gasteiger partial charge < -0.3 is 45.1 Å². The molecule has 0 saturated carbocycles. The fourth-order valence-corrected chi connectivity index (χ4v) is 8.52. The van der Waals surface area contributed by atoms with Gasteiger partial charge in [0.1, 0.15) is 24.4 Å². The van der Waals surface area contributed by atoms with Crippen molar-refractivity contribution in [2.45, 2.75) is 288 Å². The third-order valence-corrected chi connectivity index (χ3v) is 13.0. The molecule has 7 unspecified atom stereocenters.